The Morgan fingerprint density at radius 1 is 1.58 bits per heavy atom. The van der Waals surface area contributed by atoms with Gasteiger partial charge in [0.05, 0.1) is 12.6 Å². The number of hydrogen-bond donors (Lipinski definition) is 3. The number of hydrogen-bond acceptors (Lipinski definition) is 7. The molecule has 19 heavy (non-hydrogen) atoms. The molecule has 1 atom stereocenters. The van der Waals surface area contributed by atoms with Crippen molar-refractivity contribution >= 4 is 12.0 Å². The van der Waals surface area contributed by atoms with E-state index in [4.69, 9.17) is 10.3 Å². The number of primary amides is 1. The summed E-state index contributed by atoms with van der Waals surface area (Å²) in [6, 6.07) is 0.0206. The fourth-order valence-corrected chi connectivity index (χ4v) is 1.76. The van der Waals surface area contributed by atoms with E-state index in [0.717, 1.165) is 19.4 Å². The molecule has 1 aromatic rings. The molecule has 1 aliphatic heterocycles. The monoisotopic (exact) mass is 269 g/mol. The van der Waals surface area contributed by atoms with Crippen molar-refractivity contribution < 1.29 is 18.8 Å². The molecule has 9 heteroatoms. The van der Waals surface area contributed by atoms with Crippen LogP contribution >= 0.6 is 0 Å². The number of rotatable bonds is 5. The number of carbonyl (C=O) groups excluding carboxylic acids is 2. The standard InChI is InChI=1S/C10H15N5O4/c11-10(17)18-5-4-13-8(16)7-14-9(19-15-7)6-2-1-3-12-6/h6,12H,1-5H2,(H2,11,17)(H,13,16). The molecule has 1 aromatic heterocycles. The van der Waals surface area contributed by atoms with Crippen molar-refractivity contribution in [1.29, 1.82) is 0 Å². The molecule has 1 aliphatic rings. The summed E-state index contributed by atoms with van der Waals surface area (Å²) in [5.41, 5.74) is 4.77. The summed E-state index contributed by atoms with van der Waals surface area (Å²) < 4.78 is 9.49. The Kier molecular flexibility index (Phi) is 4.29. The maximum Gasteiger partial charge on any atom is 0.404 e. The SMILES string of the molecule is NC(=O)OCCNC(=O)c1noc(C2CCCN2)n1. The van der Waals surface area contributed by atoms with Crippen molar-refractivity contribution in [1.82, 2.24) is 20.8 Å². The first-order valence-corrected chi connectivity index (χ1v) is 5.94. The lowest BCUT2D eigenvalue weighted by Crippen LogP contribution is -2.29. The van der Waals surface area contributed by atoms with Gasteiger partial charge in [0.2, 0.25) is 5.89 Å². The van der Waals surface area contributed by atoms with Gasteiger partial charge >= 0.3 is 6.09 Å². The van der Waals surface area contributed by atoms with Gasteiger partial charge in [-0.15, -0.1) is 0 Å². The minimum atomic E-state index is -0.886. The predicted octanol–water partition coefficient (Wildman–Crippen LogP) is -0.681. The molecule has 2 rings (SSSR count). The first-order valence-electron chi connectivity index (χ1n) is 5.94. The summed E-state index contributed by atoms with van der Waals surface area (Å²) >= 11 is 0. The largest absolute Gasteiger partial charge is 0.448 e. The van der Waals surface area contributed by atoms with E-state index in [1.165, 1.54) is 0 Å². The number of nitrogens with zero attached hydrogens (tertiary/aromatic N) is 2. The Morgan fingerprint density at radius 2 is 2.42 bits per heavy atom. The van der Waals surface area contributed by atoms with Crippen LogP contribution in [0.15, 0.2) is 4.52 Å². The van der Waals surface area contributed by atoms with Crippen LogP contribution in [0.25, 0.3) is 0 Å². The van der Waals surface area contributed by atoms with Gasteiger partial charge in [-0.25, -0.2) is 4.79 Å². The first-order chi connectivity index (χ1) is 9.16. The molecule has 0 radical (unpaired) electrons. The van der Waals surface area contributed by atoms with Crippen LogP contribution in [0.5, 0.6) is 0 Å². The van der Waals surface area contributed by atoms with Gasteiger partial charge in [0.25, 0.3) is 11.7 Å². The lowest BCUT2D eigenvalue weighted by Gasteiger charge is -2.02. The van der Waals surface area contributed by atoms with Crippen molar-refractivity contribution in [2.24, 2.45) is 5.73 Å². The van der Waals surface area contributed by atoms with Crippen LogP contribution in [0.3, 0.4) is 0 Å². The van der Waals surface area contributed by atoms with Crippen LogP contribution < -0.4 is 16.4 Å². The van der Waals surface area contributed by atoms with Gasteiger partial charge in [0.15, 0.2) is 0 Å². The summed E-state index contributed by atoms with van der Waals surface area (Å²) in [6.07, 6.45) is 1.07. The summed E-state index contributed by atoms with van der Waals surface area (Å²) in [5, 5.41) is 9.28. The lowest BCUT2D eigenvalue weighted by molar-refractivity contribution is 0.0923. The van der Waals surface area contributed by atoms with Crippen molar-refractivity contribution in [2.45, 2.75) is 18.9 Å². The second kappa shape index (κ2) is 6.14. The van der Waals surface area contributed by atoms with Crippen molar-refractivity contribution in [2.75, 3.05) is 19.7 Å². The van der Waals surface area contributed by atoms with E-state index in [1.807, 2.05) is 0 Å². The Hall–Kier alpha value is -2.16. The maximum absolute atomic E-state index is 11.6. The minimum absolute atomic E-state index is 0.00401. The molecular weight excluding hydrogens is 254 g/mol. The number of nitrogens with one attached hydrogen (secondary N) is 2. The summed E-state index contributed by atoms with van der Waals surface area (Å²) in [7, 11) is 0. The van der Waals surface area contributed by atoms with E-state index in [9.17, 15) is 9.59 Å². The van der Waals surface area contributed by atoms with Crippen LogP contribution in [-0.4, -0.2) is 41.8 Å². The third-order valence-electron chi connectivity index (χ3n) is 2.64. The normalized spacial score (nSPS) is 18.2. The van der Waals surface area contributed by atoms with Gasteiger partial charge in [-0.3, -0.25) is 4.79 Å². The molecule has 104 valence electrons. The number of nitrogens with two attached hydrogens (primary N) is 1. The summed E-state index contributed by atoms with van der Waals surface area (Å²) in [4.78, 5) is 26.0. The second-order valence-corrected chi connectivity index (χ2v) is 4.03. The Morgan fingerprint density at radius 3 is 3.11 bits per heavy atom. The van der Waals surface area contributed by atoms with Gasteiger partial charge in [-0.2, -0.15) is 4.98 Å². The second-order valence-electron chi connectivity index (χ2n) is 4.03. The molecule has 0 saturated carbocycles. The third-order valence-corrected chi connectivity index (χ3v) is 2.64. The molecule has 2 amide bonds. The van der Waals surface area contributed by atoms with E-state index in [-0.39, 0.29) is 25.0 Å². The molecule has 0 aliphatic carbocycles. The van der Waals surface area contributed by atoms with E-state index in [1.54, 1.807) is 0 Å². The zero-order valence-electron chi connectivity index (χ0n) is 10.2. The number of aromatic nitrogens is 2. The van der Waals surface area contributed by atoms with Gasteiger partial charge in [-0.1, -0.05) is 5.16 Å². The van der Waals surface area contributed by atoms with Crippen LogP contribution in [-0.2, 0) is 4.74 Å². The molecule has 2 heterocycles. The minimum Gasteiger partial charge on any atom is -0.448 e. The molecule has 0 bridgehead atoms. The molecule has 1 unspecified atom stereocenters. The summed E-state index contributed by atoms with van der Waals surface area (Å²) in [5.74, 6) is -0.111. The highest BCUT2D eigenvalue weighted by atomic mass is 16.5. The van der Waals surface area contributed by atoms with Crippen LogP contribution in [0.2, 0.25) is 0 Å². The maximum atomic E-state index is 11.6. The highest BCUT2D eigenvalue weighted by Crippen LogP contribution is 2.20. The van der Waals surface area contributed by atoms with Gasteiger partial charge in [-0.05, 0) is 19.4 Å². The predicted molar refractivity (Wildman–Crippen MR) is 62.1 cm³/mol. The smallest absolute Gasteiger partial charge is 0.404 e. The average Bonchev–Trinajstić information content (AvgIpc) is 3.03. The van der Waals surface area contributed by atoms with E-state index in [2.05, 4.69) is 25.5 Å². The molecule has 0 aromatic carbocycles. The van der Waals surface area contributed by atoms with E-state index in [0.29, 0.717) is 5.89 Å². The fraction of sp³-hybridized carbons (Fsp3) is 0.600. The number of carbonyl (C=O) groups is 2. The number of amides is 2. The quantitative estimate of drug-likeness (QED) is 0.603. The fourth-order valence-electron chi connectivity index (χ4n) is 1.76. The molecule has 0 spiro atoms. The molecule has 1 fully saturated rings. The molecule has 4 N–H and O–H groups in total. The number of ether oxygens (including phenoxy) is 1. The topological polar surface area (TPSA) is 132 Å². The molecule has 9 nitrogen and oxygen atoms in total. The Balaban J connectivity index is 1.80. The first kappa shape index (κ1) is 13.3. The zero-order chi connectivity index (χ0) is 13.7. The van der Waals surface area contributed by atoms with Gasteiger partial charge in [0.1, 0.15) is 6.61 Å². The van der Waals surface area contributed by atoms with Crippen LogP contribution in [0.1, 0.15) is 35.4 Å². The highest BCUT2D eigenvalue weighted by Gasteiger charge is 2.24. The lowest BCUT2D eigenvalue weighted by atomic mass is 10.2. The van der Waals surface area contributed by atoms with Crippen LogP contribution in [0.4, 0.5) is 4.79 Å². The third kappa shape index (κ3) is 3.65. The van der Waals surface area contributed by atoms with Gasteiger partial charge in [0, 0.05) is 0 Å². The Labute approximate surface area is 108 Å². The van der Waals surface area contributed by atoms with Crippen molar-refractivity contribution in [3.63, 3.8) is 0 Å². The van der Waals surface area contributed by atoms with E-state index < -0.39 is 12.0 Å². The van der Waals surface area contributed by atoms with Crippen molar-refractivity contribution in [3.8, 4) is 0 Å². The zero-order valence-corrected chi connectivity index (χ0v) is 10.2. The molecular formula is C10H15N5O4. The van der Waals surface area contributed by atoms with E-state index >= 15 is 0 Å². The summed E-state index contributed by atoms with van der Waals surface area (Å²) in [6.45, 7) is 1.03. The van der Waals surface area contributed by atoms with Gasteiger partial charge < -0.3 is 25.6 Å². The van der Waals surface area contributed by atoms with Crippen LogP contribution in [0, 0.1) is 0 Å². The Bertz CT molecular complexity index is 455. The highest BCUT2D eigenvalue weighted by molar-refractivity contribution is 5.90. The van der Waals surface area contributed by atoms with Crippen molar-refractivity contribution in [3.05, 3.63) is 11.7 Å². The molecule has 1 saturated heterocycles. The average molecular weight is 269 g/mol.